The second kappa shape index (κ2) is 7.22. The van der Waals surface area contributed by atoms with Crippen LogP contribution in [0, 0.1) is 12.7 Å². The van der Waals surface area contributed by atoms with Gasteiger partial charge >= 0.3 is 6.03 Å². The van der Waals surface area contributed by atoms with Gasteiger partial charge in [0, 0.05) is 25.4 Å². The van der Waals surface area contributed by atoms with Crippen molar-refractivity contribution in [1.82, 2.24) is 14.9 Å². The molecule has 0 spiro atoms. The van der Waals surface area contributed by atoms with Crippen molar-refractivity contribution < 1.29 is 18.3 Å². The zero-order chi connectivity index (χ0) is 18.8. The molecule has 2 amide bonds. The number of carbonyl (C=O) groups is 1. The Kier molecular flexibility index (Phi) is 4.62. The van der Waals surface area contributed by atoms with E-state index in [2.05, 4.69) is 15.3 Å². The van der Waals surface area contributed by atoms with E-state index in [9.17, 15) is 9.18 Å². The first-order valence-electron chi connectivity index (χ1n) is 8.79. The van der Waals surface area contributed by atoms with Gasteiger partial charge in [-0.25, -0.2) is 19.2 Å². The third kappa shape index (κ3) is 3.84. The zero-order valence-corrected chi connectivity index (χ0v) is 14.8. The second-order valence-corrected chi connectivity index (χ2v) is 6.46. The Bertz CT molecular complexity index is 974. The van der Waals surface area contributed by atoms with Crippen molar-refractivity contribution in [1.29, 1.82) is 0 Å². The third-order valence-corrected chi connectivity index (χ3v) is 4.41. The lowest BCUT2D eigenvalue weighted by molar-refractivity contribution is 0.0987. The van der Waals surface area contributed by atoms with E-state index < -0.39 is 5.82 Å². The van der Waals surface area contributed by atoms with Gasteiger partial charge in [0.1, 0.15) is 11.6 Å². The minimum absolute atomic E-state index is 0.0309. The summed E-state index contributed by atoms with van der Waals surface area (Å²) in [4.78, 5) is 22.4. The number of oxazole rings is 1. The number of aromatic nitrogens is 2. The van der Waals surface area contributed by atoms with Crippen molar-refractivity contribution in [3.05, 3.63) is 48.2 Å². The Hall–Kier alpha value is -3.16. The van der Waals surface area contributed by atoms with Gasteiger partial charge in [-0.3, -0.25) is 0 Å². The average molecular weight is 370 g/mol. The fraction of sp³-hybridized carbons (Fsp3) is 0.316. The van der Waals surface area contributed by atoms with Crippen LogP contribution in [0.3, 0.4) is 0 Å². The van der Waals surface area contributed by atoms with E-state index in [4.69, 9.17) is 9.15 Å². The number of piperidine rings is 1. The molecule has 1 aromatic carbocycles. The highest BCUT2D eigenvalue weighted by molar-refractivity contribution is 5.91. The van der Waals surface area contributed by atoms with Gasteiger partial charge in [0.25, 0.3) is 5.88 Å². The van der Waals surface area contributed by atoms with Crippen LogP contribution >= 0.6 is 0 Å². The number of urea groups is 1. The number of hydrogen-bond acceptors (Lipinski definition) is 5. The number of nitrogens with one attached hydrogen (secondary N) is 1. The summed E-state index contributed by atoms with van der Waals surface area (Å²) in [6.45, 7) is 2.76. The molecule has 4 rings (SSSR count). The highest BCUT2D eigenvalue weighted by Gasteiger charge is 2.26. The topological polar surface area (TPSA) is 80.5 Å². The van der Waals surface area contributed by atoms with Gasteiger partial charge in [-0.05, 0) is 43.2 Å². The number of amides is 2. The second-order valence-electron chi connectivity index (χ2n) is 6.46. The largest absolute Gasteiger partial charge is 0.470 e. The van der Waals surface area contributed by atoms with Crippen molar-refractivity contribution in [3.63, 3.8) is 0 Å². The summed E-state index contributed by atoms with van der Waals surface area (Å²) < 4.78 is 24.8. The summed E-state index contributed by atoms with van der Waals surface area (Å²) in [5, 5.41) is 2.87. The molecule has 3 heterocycles. The molecule has 0 radical (unpaired) electrons. The Morgan fingerprint density at radius 3 is 3.15 bits per heavy atom. The zero-order valence-electron chi connectivity index (χ0n) is 14.8. The lowest BCUT2D eigenvalue weighted by Gasteiger charge is -2.32. The summed E-state index contributed by atoms with van der Waals surface area (Å²) in [5.74, 6) is 0.0400. The van der Waals surface area contributed by atoms with Crippen LogP contribution in [-0.2, 0) is 0 Å². The molecule has 1 saturated heterocycles. The number of halogens is 1. The summed E-state index contributed by atoms with van der Waals surface area (Å²) >= 11 is 0. The molecule has 1 unspecified atom stereocenters. The normalized spacial score (nSPS) is 17.1. The van der Waals surface area contributed by atoms with Crippen LogP contribution in [0.15, 0.2) is 40.9 Å². The lowest BCUT2D eigenvalue weighted by atomic mass is 10.1. The fourth-order valence-corrected chi connectivity index (χ4v) is 3.16. The van der Waals surface area contributed by atoms with Crippen LogP contribution in [0.25, 0.3) is 11.1 Å². The first kappa shape index (κ1) is 17.3. The number of ether oxygens (including phenoxy) is 1. The summed E-state index contributed by atoms with van der Waals surface area (Å²) in [5.41, 5.74) is 2.00. The van der Waals surface area contributed by atoms with Crippen LogP contribution in [0.5, 0.6) is 5.88 Å². The number of anilines is 1. The van der Waals surface area contributed by atoms with E-state index in [0.717, 1.165) is 12.8 Å². The van der Waals surface area contributed by atoms with Crippen molar-refractivity contribution >= 4 is 22.8 Å². The predicted molar refractivity (Wildman–Crippen MR) is 97.2 cm³/mol. The van der Waals surface area contributed by atoms with Crippen molar-refractivity contribution in [2.45, 2.75) is 25.9 Å². The molecule has 1 aliphatic heterocycles. The van der Waals surface area contributed by atoms with E-state index in [1.165, 1.54) is 18.3 Å². The molecular weight excluding hydrogens is 351 g/mol. The van der Waals surface area contributed by atoms with E-state index in [0.29, 0.717) is 35.8 Å². The van der Waals surface area contributed by atoms with Crippen molar-refractivity contribution in [2.24, 2.45) is 0 Å². The maximum Gasteiger partial charge on any atom is 0.321 e. The molecule has 7 nitrogen and oxygen atoms in total. The van der Waals surface area contributed by atoms with E-state index >= 15 is 0 Å². The van der Waals surface area contributed by atoms with E-state index in [-0.39, 0.29) is 18.0 Å². The molecule has 140 valence electrons. The molecule has 0 saturated carbocycles. The maximum atomic E-state index is 13.7. The smallest absolute Gasteiger partial charge is 0.321 e. The molecule has 1 N–H and O–H groups in total. The summed E-state index contributed by atoms with van der Waals surface area (Å²) in [6, 6.07) is 7.89. The molecule has 1 fully saturated rings. The minimum Gasteiger partial charge on any atom is -0.470 e. The first-order valence-corrected chi connectivity index (χ1v) is 8.79. The first-order chi connectivity index (χ1) is 13.1. The molecule has 3 aromatic rings. The maximum absolute atomic E-state index is 13.7. The highest BCUT2D eigenvalue weighted by atomic mass is 19.1. The quantitative estimate of drug-likeness (QED) is 0.760. The summed E-state index contributed by atoms with van der Waals surface area (Å²) in [7, 11) is 0. The number of hydrogen-bond donors (Lipinski definition) is 1. The third-order valence-electron chi connectivity index (χ3n) is 4.41. The summed E-state index contributed by atoms with van der Waals surface area (Å²) in [6.07, 6.45) is 2.69. The fourth-order valence-electron chi connectivity index (χ4n) is 3.16. The number of fused-ring (bicyclic) bond motifs is 1. The monoisotopic (exact) mass is 370 g/mol. The molecule has 1 atom stereocenters. The van der Waals surface area contributed by atoms with Gasteiger partial charge in [-0.2, -0.15) is 0 Å². The van der Waals surface area contributed by atoms with E-state index in [1.807, 2.05) is 0 Å². The lowest BCUT2D eigenvalue weighted by Crippen LogP contribution is -2.46. The number of nitrogens with zero attached hydrogens (tertiary/aromatic N) is 3. The number of pyridine rings is 1. The number of benzene rings is 1. The van der Waals surface area contributed by atoms with Crippen molar-refractivity contribution in [2.75, 3.05) is 18.4 Å². The molecular formula is C19H19FN4O3. The molecule has 27 heavy (non-hydrogen) atoms. The molecule has 0 bridgehead atoms. The molecule has 2 aromatic heterocycles. The Balaban J connectivity index is 1.41. The molecule has 1 aliphatic rings. The van der Waals surface area contributed by atoms with Gasteiger partial charge < -0.3 is 19.4 Å². The van der Waals surface area contributed by atoms with Gasteiger partial charge in [0.05, 0.1) is 6.54 Å². The van der Waals surface area contributed by atoms with E-state index in [1.54, 1.807) is 30.0 Å². The SMILES string of the molecule is Cc1nc2cc(NC(=O)N3CCCC(Oc4ncccc4F)C3)ccc2o1. The Labute approximate surface area is 155 Å². The average Bonchev–Trinajstić information content (AvgIpc) is 3.03. The predicted octanol–water partition coefficient (Wildman–Crippen LogP) is 3.75. The Morgan fingerprint density at radius 2 is 2.30 bits per heavy atom. The van der Waals surface area contributed by atoms with Gasteiger partial charge in [0.2, 0.25) is 0 Å². The van der Waals surface area contributed by atoms with Crippen molar-refractivity contribution in [3.8, 4) is 5.88 Å². The molecule has 0 aliphatic carbocycles. The van der Waals surface area contributed by atoms with Crippen LogP contribution in [0.1, 0.15) is 18.7 Å². The number of likely N-dealkylation sites (tertiary alicyclic amines) is 1. The van der Waals surface area contributed by atoms with Gasteiger partial charge in [-0.15, -0.1) is 0 Å². The van der Waals surface area contributed by atoms with Crippen LogP contribution in [-0.4, -0.2) is 40.1 Å². The molecule has 8 heteroatoms. The van der Waals surface area contributed by atoms with Crippen LogP contribution < -0.4 is 10.1 Å². The van der Waals surface area contributed by atoms with Gasteiger partial charge in [-0.1, -0.05) is 0 Å². The van der Waals surface area contributed by atoms with Crippen LogP contribution in [0.2, 0.25) is 0 Å². The number of carbonyl (C=O) groups excluding carboxylic acids is 1. The van der Waals surface area contributed by atoms with Crippen LogP contribution in [0.4, 0.5) is 14.9 Å². The van der Waals surface area contributed by atoms with Gasteiger partial charge in [0.15, 0.2) is 17.3 Å². The Morgan fingerprint density at radius 1 is 1.41 bits per heavy atom. The standard InChI is InChI=1S/C19H19FN4O3/c1-12-22-16-10-13(6-7-17(16)26-12)23-19(25)24-9-3-4-14(11-24)27-18-15(20)5-2-8-21-18/h2,5-8,10,14H,3-4,9,11H2,1H3,(H,23,25). The number of rotatable bonds is 3. The highest BCUT2D eigenvalue weighted by Crippen LogP contribution is 2.22. The number of aryl methyl sites for hydroxylation is 1. The minimum atomic E-state index is -0.504.